The molecule has 2 aromatic rings. The maximum atomic E-state index is 12.8. The SMILES string of the molecule is COCc1nnc2n1CCN(C(=O)c1cncc(C)c1)[C@H](C)C2. The first-order valence-electron chi connectivity index (χ1n) is 7.72. The van der Waals surface area contributed by atoms with Gasteiger partial charge in [0, 0.05) is 45.1 Å². The predicted molar refractivity (Wildman–Crippen MR) is 83.9 cm³/mol. The zero-order chi connectivity index (χ0) is 16.4. The Kier molecular flexibility index (Phi) is 4.38. The van der Waals surface area contributed by atoms with Crippen molar-refractivity contribution in [3.63, 3.8) is 0 Å². The normalized spacial score (nSPS) is 17.7. The first-order valence-corrected chi connectivity index (χ1v) is 7.72. The maximum absolute atomic E-state index is 12.8. The Balaban J connectivity index is 1.82. The Hall–Kier alpha value is -2.28. The second-order valence-corrected chi connectivity index (χ2v) is 5.92. The van der Waals surface area contributed by atoms with Crippen LogP contribution in [-0.2, 0) is 24.3 Å². The molecule has 1 aliphatic rings. The van der Waals surface area contributed by atoms with Gasteiger partial charge in [-0.1, -0.05) is 0 Å². The lowest BCUT2D eigenvalue weighted by Crippen LogP contribution is -2.40. The molecule has 0 aliphatic carbocycles. The summed E-state index contributed by atoms with van der Waals surface area (Å²) in [5.74, 6) is 1.73. The van der Waals surface area contributed by atoms with Gasteiger partial charge >= 0.3 is 0 Å². The molecule has 0 bridgehead atoms. The fourth-order valence-corrected chi connectivity index (χ4v) is 2.96. The van der Waals surface area contributed by atoms with Crippen LogP contribution in [0.25, 0.3) is 0 Å². The highest BCUT2D eigenvalue weighted by Crippen LogP contribution is 2.17. The van der Waals surface area contributed by atoms with Crippen molar-refractivity contribution in [3.8, 4) is 0 Å². The zero-order valence-corrected chi connectivity index (χ0v) is 13.7. The summed E-state index contributed by atoms with van der Waals surface area (Å²) in [5.41, 5.74) is 1.62. The van der Waals surface area contributed by atoms with Gasteiger partial charge in [-0.25, -0.2) is 0 Å². The lowest BCUT2D eigenvalue weighted by atomic mass is 10.1. The second kappa shape index (κ2) is 6.45. The van der Waals surface area contributed by atoms with Crippen molar-refractivity contribution < 1.29 is 9.53 Å². The van der Waals surface area contributed by atoms with Crippen molar-refractivity contribution in [2.24, 2.45) is 0 Å². The molecular weight excluding hydrogens is 294 g/mol. The summed E-state index contributed by atoms with van der Waals surface area (Å²) in [7, 11) is 1.64. The molecule has 1 amide bonds. The largest absolute Gasteiger partial charge is 0.377 e. The van der Waals surface area contributed by atoms with Crippen LogP contribution in [0.3, 0.4) is 0 Å². The van der Waals surface area contributed by atoms with E-state index in [2.05, 4.69) is 19.7 Å². The van der Waals surface area contributed by atoms with Crippen LogP contribution in [0.2, 0.25) is 0 Å². The van der Waals surface area contributed by atoms with E-state index in [4.69, 9.17) is 4.74 Å². The third-order valence-corrected chi connectivity index (χ3v) is 4.13. The Morgan fingerprint density at radius 2 is 2.17 bits per heavy atom. The number of ether oxygens (including phenoxy) is 1. The third kappa shape index (κ3) is 3.10. The predicted octanol–water partition coefficient (Wildman–Crippen LogP) is 1.21. The molecule has 7 heteroatoms. The summed E-state index contributed by atoms with van der Waals surface area (Å²) < 4.78 is 7.22. The van der Waals surface area contributed by atoms with E-state index in [1.54, 1.807) is 19.5 Å². The van der Waals surface area contributed by atoms with Crippen molar-refractivity contribution in [2.45, 2.75) is 39.5 Å². The van der Waals surface area contributed by atoms with E-state index < -0.39 is 0 Å². The number of rotatable bonds is 3. The van der Waals surface area contributed by atoms with Crippen molar-refractivity contribution in [3.05, 3.63) is 41.2 Å². The van der Waals surface area contributed by atoms with E-state index in [9.17, 15) is 4.79 Å². The van der Waals surface area contributed by atoms with Gasteiger partial charge in [0.15, 0.2) is 5.82 Å². The second-order valence-electron chi connectivity index (χ2n) is 5.92. The number of pyridine rings is 1. The number of hydrogen-bond donors (Lipinski definition) is 0. The van der Waals surface area contributed by atoms with Crippen LogP contribution < -0.4 is 0 Å². The van der Waals surface area contributed by atoms with Gasteiger partial charge in [-0.3, -0.25) is 9.78 Å². The number of aryl methyl sites for hydroxylation is 1. The minimum atomic E-state index is 0.0145. The van der Waals surface area contributed by atoms with E-state index in [0.717, 1.165) is 17.2 Å². The van der Waals surface area contributed by atoms with Crippen LogP contribution in [0.1, 0.15) is 34.5 Å². The lowest BCUT2D eigenvalue weighted by Gasteiger charge is -2.26. The van der Waals surface area contributed by atoms with Crippen molar-refractivity contribution in [1.82, 2.24) is 24.6 Å². The maximum Gasteiger partial charge on any atom is 0.255 e. The number of hydrogen-bond acceptors (Lipinski definition) is 5. The molecule has 7 nitrogen and oxygen atoms in total. The molecule has 1 atom stereocenters. The van der Waals surface area contributed by atoms with Crippen LogP contribution in [0.5, 0.6) is 0 Å². The smallest absolute Gasteiger partial charge is 0.255 e. The minimum Gasteiger partial charge on any atom is -0.377 e. The Morgan fingerprint density at radius 3 is 2.91 bits per heavy atom. The first kappa shape index (κ1) is 15.6. The monoisotopic (exact) mass is 315 g/mol. The van der Waals surface area contributed by atoms with Gasteiger partial charge < -0.3 is 14.2 Å². The van der Waals surface area contributed by atoms with Crippen LogP contribution in [0, 0.1) is 6.92 Å². The average molecular weight is 315 g/mol. The number of amides is 1. The van der Waals surface area contributed by atoms with Crippen molar-refractivity contribution in [2.75, 3.05) is 13.7 Å². The summed E-state index contributed by atoms with van der Waals surface area (Å²) in [6, 6.07) is 1.94. The fraction of sp³-hybridized carbons (Fsp3) is 0.500. The van der Waals surface area contributed by atoms with Gasteiger partial charge in [-0.15, -0.1) is 10.2 Å². The molecule has 0 saturated carbocycles. The highest BCUT2D eigenvalue weighted by molar-refractivity contribution is 5.94. The van der Waals surface area contributed by atoms with Gasteiger partial charge in [-0.2, -0.15) is 0 Å². The molecule has 0 unspecified atom stereocenters. The molecule has 0 saturated heterocycles. The van der Waals surface area contributed by atoms with E-state index in [1.165, 1.54) is 0 Å². The Bertz CT molecular complexity index is 712. The van der Waals surface area contributed by atoms with Crippen LogP contribution >= 0.6 is 0 Å². The van der Waals surface area contributed by atoms with Crippen LogP contribution in [0.4, 0.5) is 0 Å². The number of carbonyl (C=O) groups is 1. The molecule has 0 radical (unpaired) electrons. The van der Waals surface area contributed by atoms with Crippen molar-refractivity contribution in [1.29, 1.82) is 0 Å². The molecule has 0 N–H and O–H groups in total. The molecule has 23 heavy (non-hydrogen) atoms. The fourth-order valence-electron chi connectivity index (χ4n) is 2.96. The van der Waals surface area contributed by atoms with Gasteiger partial charge in [0.25, 0.3) is 5.91 Å². The number of carbonyl (C=O) groups excluding carboxylic acids is 1. The Morgan fingerprint density at radius 1 is 1.35 bits per heavy atom. The molecular formula is C16H21N5O2. The molecule has 3 heterocycles. The molecule has 1 aliphatic heterocycles. The van der Waals surface area contributed by atoms with Gasteiger partial charge in [0.2, 0.25) is 0 Å². The number of methoxy groups -OCH3 is 1. The lowest BCUT2D eigenvalue weighted by molar-refractivity contribution is 0.0694. The number of fused-ring (bicyclic) bond motifs is 1. The molecule has 2 aromatic heterocycles. The highest BCUT2D eigenvalue weighted by atomic mass is 16.5. The zero-order valence-electron chi connectivity index (χ0n) is 13.7. The summed E-state index contributed by atoms with van der Waals surface area (Å²) in [5, 5.41) is 8.43. The highest BCUT2D eigenvalue weighted by Gasteiger charge is 2.27. The Labute approximate surface area is 135 Å². The molecule has 122 valence electrons. The number of nitrogens with zero attached hydrogens (tertiary/aromatic N) is 5. The average Bonchev–Trinajstić information content (AvgIpc) is 2.81. The minimum absolute atomic E-state index is 0.0145. The molecule has 3 rings (SSSR count). The van der Waals surface area contributed by atoms with E-state index >= 15 is 0 Å². The van der Waals surface area contributed by atoms with Gasteiger partial charge in [-0.05, 0) is 25.5 Å². The summed E-state index contributed by atoms with van der Waals surface area (Å²) in [4.78, 5) is 18.8. The van der Waals surface area contributed by atoms with Crippen LogP contribution in [0.15, 0.2) is 18.5 Å². The third-order valence-electron chi connectivity index (χ3n) is 4.13. The summed E-state index contributed by atoms with van der Waals surface area (Å²) in [6.45, 7) is 5.71. The quantitative estimate of drug-likeness (QED) is 0.851. The van der Waals surface area contributed by atoms with Crippen LogP contribution in [-0.4, -0.2) is 50.3 Å². The molecule has 0 fully saturated rings. The van der Waals surface area contributed by atoms with Crippen molar-refractivity contribution >= 4 is 5.91 Å². The topological polar surface area (TPSA) is 73.1 Å². The van der Waals surface area contributed by atoms with E-state index in [1.807, 2.05) is 24.8 Å². The van der Waals surface area contributed by atoms with Gasteiger partial charge in [0.05, 0.1) is 5.56 Å². The van der Waals surface area contributed by atoms with E-state index in [0.29, 0.717) is 31.7 Å². The molecule has 0 spiro atoms. The first-order chi connectivity index (χ1) is 11.1. The summed E-state index contributed by atoms with van der Waals surface area (Å²) >= 11 is 0. The summed E-state index contributed by atoms with van der Waals surface area (Å²) in [6.07, 6.45) is 4.06. The van der Waals surface area contributed by atoms with Gasteiger partial charge in [0.1, 0.15) is 12.4 Å². The number of aromatic nitrogens is 4. The standard InChI is InChI=1S/C16H21N5O2/c1-11-6-13(9-17-8-11)16(22)20-4-5-21-14(7-12(20)2)18-19-15(21)10-23-3/h6,8-9,12H,4-5,7,10H2,1-3H3/t12-/m1/s1. The van der Waals surface area contributed by atoms with E-state index in [-0.39, 0.29) is 11.9 Å². The molecule has 0 aromatic carbocycles.